The molecule has 0 radical (unpaired) electrons. The topological polar surface area (TPSA) is 49.8 Å². The lowest BCUT2D eigenvalue weighted by Crippen LogP contribution is -2.39. The molecule has 1 N–H and O–H groups in total. The van der Waals surface area contributed by atoms with Crippen molar-refractivity contribution in [2.75, 3.05) is 19.7 Å². The van der Waals surface area contributed by atoms with Crippen molar-refractivity contribution >= 4 is 17.3 Å². The van der Waals surface area contributed by atoms with Crippen molar-refractivity contribution in [1.82, 2.24) is 4.90 Å². The predicted octanol–water partition coefficient (Wildman–Crippen LogP) is 4.34. The highest BCUT2D eigenvalue weighted by Gasteiger charge is 2.30. The predicted molar refractivity (Wildman–Crippen MR) is 100 cm³/mol. The van der Waals surface area contributed by atoms with Crippen LogP contribution in [-0.4, -0.2) is 35.7 Å². The van der Waals surface area contributed by atoms with Crippen molar-refractivity contribution in [3.63, 3.8) is 0 Å². The number of thiophene rings is 1. The van der Waals surface area contributed by atoms with E-state index >= 15 is 0 Å². The van der Waals surface area contributed by atoms with Gasteiger partial charge >= 0.3 is 5.97 Å². The highest BCUT2D eigenvalue weighted by molar-refractivity contribution is 7.10. The molecule has 1 atom stereocenters. The number of hydrogen-bond acceptors (Lipinski definition) is 4. The molecule has 1 saturated heterocycles. The van der Waals surface area contributed by atoms with Gasteiger partial charge in [0.25, 0.3) is 0 Å². The second kappa shape index (κ2) is 8.02. The van der Waals surface area contributed by atoms with Crippen molar-refractivity contribution in [1.29, 1.82) is 0 Å². The molecule has 0 saturated carbocycles. The Morgan fingerprint density at radius 2 is 2.00 bits per heavy atom. The molecule has 1 aliphatic heterocycles. The molecule has 0 spiro atoms. The summed E-state index contributed by atoms with van der Waals surface area (Å²) in [7, 11) is 0. The maximum absolute atomic E-state index is 11.2. The van der Waals surface area contributed by atoms with Crippen molar-refractivity contribution in [3.8, 4) is 5.75 Å². The van der Waals surface area contributed by atoms with Gasteiger partial charge in [-0.15, -0.1) is 11.3 Å². The zero-order valence-electron chi connectivity index (χ0n) is 14.8. The lowest BCUT2D eigenvalue weighted by Gasteiger charge is -2.36. The van der Waals surface area contributed by atoms with E-state index < -0.39 is 5.97 Å². The molecule has 2 aromatic rings. The molecule has 2 heterocycles. The molecule has 4 nitrogen and oxygen atoms in total. The van der Waals surface area contributed by atoms with Crippen LogP contribution in [0, 0.1) is 12.8 Å². The van der Waals surface area contributed by atoms with Gasteiger partial charge in [0.2, 0.25) is 0 Å². The summed E-state index contributed by atoms with van der Waals surface area (Å²) in [5.41, 5.74) is 2.51. The molecule has 3 rings (SSSR count). The first-order valence-corrected chi connectivity index (χ1v) is 9.71. The lowest BCUT2D eigenvalue weighted by molar-refractivity contribution is -0.143. The largest absolute Gasteiger partial charge is 0.494 e. The fraction of sp³-hybridized carbons (Fsp3) is 0.450. The second-order valence-electron chi connectivity index (χ2n) is 6.58. The van der Waals surface area contributed by atoms with E-state index in [1.807, 2.05) is 19.1 Å². The zero-order valence-corrected chi connectivity index (χ0v) is 15.6. The summed E-state index contributed by atoms with van der Waals surface area (Å²) in [6.07, 6.45) is 1.43. The van der Waals surface area contributed by atoms with Gasteiger partial charge in [0, 0.05) is 4.88 Å². The van der Waals surface area contributed by atoms with E-state index in [9.17, 15) is 9.90 Å². The molecule has 1 fully saturated rings. The summed E-state index contributed by atoms with van der Waals surface area (Å²) in [6, 6.07) is 10.7. The monoisotopic (exact) mass is 359 g/mol. The van der Waals surface area contributed by atoms with Gasteiger partial charge in [0.15, 0.2) is 0 Å². The van der Waals surface area contributed by atoms with Crippen LogP contribution in [0.15, 0.2) is 35.7 Å². The first-order valence-electron chi connectivity index (χ1n) is 8.83. The molecular weight excluding hydrogens is 334 g/mol. The fourth-order valence-electron chi connectivity index (χ4n) is 3.47. The van der Waals surface area contributed by atoms with Crippen LogP contribution in [-0.2, 0) is 4.79 Å². The van der Waals surface area contributed by atoms with E-state index in [2.05, 4.69) is 35.4 Å². The van der Waals surface area contributed by atoms with Crippen LogP contribution >= 0.6 is 11.3 Å². The average Bonchev–Trinajstić information content (AvgIpc) is 3.03. The number of nitrogens with zero attached hydrogens (tertiary/aromatic N) is 1. The van der Waals surface area contributed by atoms with E-state index in [1.165, 1.54) is 16.0 Å². The molecule has 0 bridgehead atoms. The third-order valence-corrected chi connectivity index (χ3v) is 5.87. The Morgan fingerprint density at radius 1 is 1.32 bits per heavy atom. The van der Waals surface area contributed by atoms with Crippen molar-refractivity contribution < 1.29 is 14.6 Å². The Hall–Kier alpha value is -1.85. The second-order valence-corrected chi connectivity index (χ2v) is 7.52. The van der Waals surface area contributed by atoms with Crippen LogP contribution < -0.4 is 4.74 Å². The number of benzene rings is 1. The normalized spacial score (nSPS) is 17.4. The molecular formula is C20H25NO3S. The van der Waals surface area contributed by atoms with Crippen LogP contribution in [0.2, 0.25) is 0 Å². The van der Waals surface area contributed by atoms with E-state index in [-0.39, 0.29) is 12.0 Å². The summed E-state index contributed by atoms with van der Waals surface area (Å²) in [4.78, 5) is 15.0. The number of piperidine rings is 1. The maximum atomic E-state index is 11.2. The van der Waals surface area contributed by atoms with Gasteiger partial charge < -0.3 is 9.84 Å². The molecule has 1 aliphatic rings. The lowest BCUT2D eigenvalue weighted by atomic mass is 9.93. The number of aliphatic carboxylic acids is 1. The minimum atomic E-state index is -0.663. The standard InChI is InChI=1S/C20H25NO3S/c1-3-24-17-6-4-15(5-7-17)19(18-12-14(2)13-25-18)21-10-8-16(9-11-21)20(22)23/h4-7,12-13,16,19H,3,8-11H2,1-2H3,(H,22,23). The molecule has 134 valence electrons. The van der Waals surface area contributed by atoms with Crippen LogP contribution in [0.1, 0.15) is 41.8 Å². The molecule has 0 aliphatic carbocycles. The van der Waals surface area contributed by atoms with Crippen LogP contribution in [0.5, 0.6) is 5.75 Å². The zero-order chi connectivity index (χ0) is 17.8. The van der Waals surface area contributed by atoms with Gasteiger partial charge in [-0.05, 0) is 74.5 Å². The van der Waals surface area contributed by atoms with Gasteiger partial charge in [0.05, 0.1) is 18.6 Å². The van der Waals surface area contributed by atoms with Gasteiger partial charge in [-0.2, -0.15) is 0 Å². The Morgan fingerprint density at radius 3 is 2.52 bits per heavy atom. The summed E-state index contributed by atoms with van der Waals surface area (Å²) < 4.78 is 5.56. The minimum Gasteiger partial charge on any atom is -0.494 e. The van der Waals surface area contributed by atoms with Gasteiger partial charge in [-0.25, -0.2) is 0 Å². The number of likely N-dealkylation sites (tertiary alicyclic amines) is 1. The number of aryl methyl sites for hydroxylation is 1. The maximum Gasteiger partial charge on any atom is 0.306 e. The number of ether oxygens (including phenoxy) is 1. The molecule has 1 aromatic heterocycles. The SMILES string of the molecule is CCOc1ccc(C(c2cc(C)cs2)N2CCC(C(=O)O)CC2)cc1. The van der Waals surface area contributed by atoms with Gasteiger partial charge in [0.1, 0.15) is 5.75 Å². The van der Waals surface area contributed by atoms with E-state index in [4.69, 9.17) is 4.74 Å². The Labute approximate surface area is 153 Å². The highest BCUT2D eigenvalue weighted by Crippen LogP contribution is 2.36. The van der Waals surface area contributed by atoms with Crippen molar-refractivity contribution in [2.24, 2.45) is 5.92 Å². The first-order chi connectivity index (χ1) is 12.1. The van der Waals surface area contributed by atoms with Gasteiger partial charge in [-0.1, -0.05) is 12.1 Å². The summed E-state index contributed by atoms with van der Waals surface area (Å²) in [5, 5.41) is 11.4. The number of hydrogen-bond donors (Lipinski definition) is 1. The van der Waals surface area contributed by atoms with E-state index in [0.29, 0.717) is 19.4 Å². The number of carboxylic acids is 1. The average molecular weight is 359 g/mol. The van der Waals surface area contributed by atoms with Crippen LogP contribution in [0.3, 0.4) is 0 Å². The molecule has 5 heteroatoms. The van der Waals surface area contributed by atoms with Crippen LogP contribution in [0.25, 0.3) is 0 Å². The first kappa shape index (κ1) is 18.0. The minimum absolute atomic E-state index is 0.184. The van der Waals surface area contributed by atoms with Gasteiger partial charge in [-0.3, -0.25) is 9.69 Å². The number of rotatable bonds is 6. The number of carboxylic acid groups (broad SMARTS) is 1. The summed E-state index contributed by atoms with van der Waals surface area (Å²) in [5.74, 6) is 0.0171. The molecule has 0 amide bonds. The van der Waals surface area contributed by atoms with E-state index in [1.54, 1.807) is 11.3 Å². The summed E-state index contributed by atoms with van der Waals surface area (Å²) >= 11 is 1.78. The molecule has 25 heavy (non-hydrogen) atoms. The van der Waals surface area contributed by atoms with Crippen LogP contribution in [0.4, 0.5) is 0 Å². The third kappa shape index (κ3) is 4.22. The Bertz CT molecular complexity index is 702. The van der Waals surface area contributed by atoms with Crippen molar-refractivity contribution in [2.45, 2.75) is 32.7 Å². The Balaban J connectivity index is 1.84. The highest BCUT2D eigenvalue weighted by atomic mass is 32.1. The Kier molecular flexibility index (Phi) is 5.76. The third-order valence-electron chi connectivity index (χ3n) is 4.77. The molecule has 1 aromatic carbocycles. The van der Waals surface area contributed by atoms with Crippen molar-refractivity contribution in [3.05, 3.63) is 51.7 Å². The quantitative estimate of drug-likeness (QED) is 0.833. The smallest absolute Gasteiger partial charge is 0.306 e. The fourth-order valence-corrected chi connectivity index (χ4v) is 4.53. The van der Waals surface area contributed by atoms with E-state index in [0.717, 1.165) is 18.8 Å². The summed E-state index contributed by atoms with van der Waals surface area (Å²) in [6.45, 7) is 6.39. The molecule has 1 unspecified atom stereocenters. The number of carbonyl (C=O) groups is 1.